The Labute approximate surface area is 163 Å². The SMILES string of the molecule is COCCN1CCCN(C(=O)c2c(-n3cccc3)sc3c2CCC3)CC1=O. The number of rotatable bonds is 5. The Kier molecular flexibility index (Phi) is 5.31. The van der Waals surface area contributed by atoms with E-state index in [2.05, 4.69) is 0 Å². The van der Waals surface area contributed by atoms with Crippen LogP contribution in [0, 0.1) is 0 Å². The van der Waals surface area contributed by atoms with Crippen LogP contribution in [0.25, 0.3) is 5.00 Å². The average Bonchev–Trinajstić information content (AvgIpc) is 3.36. The number of nitrogens with zero attached hydrogens (tertiary/aromatic N) is 3. The molecule has 27 heavy (non-hydrogen) atoms. The molecule has 6 nitrogen and oxygen atoms in total. The summed E-state index contributed by atoms with van der Waals surface area (Å²) in [6.45, 7) is 2.55. The fourth-order valence-corrected chi connectivity index (χ4v) is 5.30. The zero-order valence-electron chi connectivity index (χ0n) is 15.6. The minimum Gasteiger partial charge on any atom is -0.383 e. The molecule has 1 aliphatic carbocycles. The molecule has 7 heteroatoms. The summed E-state index contributed by atoms with van der Waals surface area (Å²) in [5.41, 5.74) is 2.00. The van der Waals surface area contributed by atoms with Crippen molar-refractivity contribution < 1.29 is 14.3 Å². The van der Waals surface area contributed by atoms with Crippen molar-refractivity contribution in [2.24, 2.45) is 0 Å². The maximum atomic E-state index is 13.5. The number of fused-ring (bicyclic) bond motifs is 1. The van der Waals surface area contributed by atoms with Crippen LogP contribution in [-0.4, -0.2) is 66.1 Å². The lowest BCUT2D eigenvalue weighted by Gasteiger charge is -2.22. The monoisotopic (exact) mass is 387 g/mol. The van der Waals surface area contributed by atoms with Crippen LogP contribution < -0.4 is 0 Å². The van der Waals surface area contributed by atoms with E-state index in [9.17, 15) is 9.59 Å². The number of ether oxygens (including phenoxy) is 1. The summed E-state index contributed by atoms with van der Waals surface area (Å²) in [5, 5.41) is 0.989. The molecule has 4 rings (SSSR count). The fourth-order valence-electron chi connectivity index (χ4n) is 3.95. The van der Waals surface area contributed by atoms with Crippen molar-refractivity contribution in [3.8, 4) is 5.00 Å². The molecular weight excluding hydrogens is 362 g/mol. The minimum atomic E-state index is 0.0000384. The lowest BCUT2D eigenvalue weighted by molar-refractivity contribution is -0.131. The molecule has 3 heterocycles. The number of carbonyl (C=O) groups is 2. The Bertz CT molecular complexity index is 828. The van der Waals surface area contributed by atoms with Gasteiger partial charge in [0.25, 0.3) is 5.91 Å². The molecule has 144 valence electrons. The first-order valence-electron chi connectivity index (χ1n) is 9.53. The van der Waals surface area contributed by atoms with E-state index in [0.29, 0.717) is 26.2 Å². The number of hydrogen-bond donors (Lipinski definition) is 0. The highest BCUT2D eigenvalue weighted by Crippen LogP contribution is 2.38. The van der Waals surface area contributed by atoms with Crippen LogP contribution >= 0.6 is 11.3 Å². The lowest BCUT2D eigenvalue weighted by Crippen LogP contribution is -2.40. The molecule has 0 unspecified atom stereocenters. The predicted octanol–water partition coefficient (Wildman–Crippen LogP) is 2.35. The first-order chi connectivity index (χ1) is 13.2. The van der Waals surface area contributed by atoms with Crippen molar-refractivity contribution in [1.29, 1.82) is 0 Å². The summed E-state index contributed by atoms with van der Waals surface area (Å²) in [6.07, 6.45) is 7.88. The second-order valence-corrected chi connectivity index (χ2v) is 8.17. The minimum absolute atomic E-state index is 0.0000384. The first-order valence-corrected chi connectivity index (χ1v) is 10.3. The van der Waals surface area contributed by atoms with Gasteiger partial charge in [0.15, 0.2) is 0 Å². The Morgan fingerprint density at radius 2 is 2.00 bits per heavy atom. The van der Waals surface area contributed by atoms with Crippen molar-refractivity contribution in [2.75, 3.05) is 39.9 Å². The van der Waals surface area contributed by atoms with Crippen molar-refractivity contribution in [3.63, 3.8) is 0 Å². The molecule has 2 aromatic heterocycles. The van der Waals surface area contributed by atoms with Gasteiger partial charge < -0.3 is 19.1 Å². The standard InChI is InChI=1S/C20H25N3O3S/c1-26-13-12-21-10-5-11-23(14-17(21)24)19(25)18-15-6-4-7-16(15)27-20(18)22-8-2-3-9-22/h2-3,8-9H,4-7,10-14H2,1H3. The molecule has 2 amide bonds. The second kappa shape index (κ2) is 7.86. The number of thiophene rings is 1. The molecule has 1 aliphatic heterocycles. The van der Waals surface area contributed by atoms with Gasteiger partial charge >= 0.3 is 0 Å². The fraction of sp³-hybridized carbons (Fsp3) is 0.500. The second-order valence-electron chi connectivity index (χ2n) is 7.08. The van der Waals surface area contributed by atoms with Crippen molar-refractivity contribution >= 4 is 23.2 Å². The van der Waals surface area contributed by atoms with Crippen LogP contribution in [0.1, 0.15) is 33.6 Å². The first kappa shape index (κ1) is 18.3. The highest BCUT2D eigenvalue weighted by atomic mass is 32.1. The van der Waals surface area contributed by atoms with Gasteiger partial charge in [-0.25, -0.2) is 0 Å². The largest absolute Gasteiger partial charge is 0.383 e. The Morgan fingerprint density at radius 3 is 2.78 bits per heavy atom. The van der Waals surface area contributed by atoms with Gasteiger partial charge in [-0.2, -0.15) is 0 Å². The Morgan fingerprint density at radius 1 is 1.19 bits per heavy atom. The van der Waals surface area contributed by atoms with E-state index in [4.69, 9.17) is 4.74 Å². The number of hydrogen-bond acceptors (Lipinski definition) is 4. The van der Waals surface area contributed by atoms with E-state index in [1.165, 1.54) is 10.4 Å². The summed E-state index contributed by atoms with van der Waals surface area (Å²) in [7, 11) is 1.64. The maximum Gasteiger partial charge on any atom is 0.257 e. The van der Waals surface area contributed by atoms with Gasteiger partial charge in [-0.15, -0.1) is 11.3 Å². The topological polar surface area (TPSA) is 54.8 Å². The molecule has 0 spiro atoms. The van der Waals surface area contributed by atoms with Gasteiger partial charge in [-0.3, -0.25) is 9.59 Å². The van der Waals surface area contributed by atoms with Gasteiger partial charge in [0, 0.05) is 44.0 Å². The Hall–Kier alpha value is -2.12. The van der Waals surface area contributed by atoms with E-state index < -0.39 is 0 Å². The lowest BCUT2D eigenvalue weighted by atomic mass is 10.1. The zero-order chi connectivity index (χ0) is 18.8. The number of methoxy groups -OCH3 is 1. The average molecular weight is 388 g/mol. The predicted molar refractivity (Wildman–Crippen MR) is 105 cm³/mol. The molecule has 0 radical (unpaired) electrons. The van der Waals surface area contributed by atoms with Gasteiger partial charge in [-0.1, -0.05) is 0 Å². The van der Waals surface area contributed by atoms with Crippen molar-refractivity contribution in [1.82, 2.24) is 14.4 Å². The maximum absolute atomic E-state index is 13.5. The van der Waals surface area contributed by atoms with Gasteiger partial charge in [-0.05, 0) is 43.4 Å². The zero-order valence-corrected chi connectivity index (χ0v) is 16.5. The van der Waals surface area contributed by atoms with Gasteiger partial charge in [0.2, 0.25) is 5.91 Å². The normalized spacial score (nSPS) is 17.3. The van der Waals surface area contributed by atoms with Crippen LogP contribution in [0.5, 0.6) is 0 Å². The number of aromatic nitrogens is 1. The third-order valence-corrected chi connectivity index (χ3v) is 6.65. The molecule has 1 fully saturated rings. The number of aryl methyl sites for hydroxylation is 1. The van der Waals surface area contributed by atoms with Gasteiger partial charge in [0.1, 0.15) is 11.5 Å². The highest BCUT2D eigenvalue weighted by molar-refractivity contribution is 7.15. The van der Waals surface area contributed by atoms with E-state index in [-0.39, 0.29) is 18.4 Å². The molecule has 0 atom stereocenters. The number of carbonyl (C=O) groups excluding carboxylic acids is 2. The summed E-state index contributed by atoms with van der Waals surface area (Å²) >= 11 is 1.72. The van der Waals surface area contributed by atoms with Crippen LogP contribution in [0.4, 0.5) is 0 Å². The summed E-state index contributed by atoms with van der Waals surface area (Å²) in [4.78, 5) is 31.0. The Balaban J connectivity index is 1.61. The highest BCUT2D eigenvalue weighted by Gasteiger charge is 2.32. The van der Waals surface area contributed by atoms with Gasteiger partial charge in [0.05, 0.1) is 12.2 Å². The summed E-state index contributed by atoms with van der Waals surface area (Å²) in [5.74, 6) is 0.00679. The van der Waals surface area contributed by atoms with Crippen molar-refractivity contribution in [2.45, 2.75) is 25.7 Å². The van der Waals surface area contributed by atoms with E-state index in [1.807, 2.05) is 34.0 Å². The summed E-state index contributed by atoms with van der Waals surface area (Å²) < 4.78 is 7.13. The van der Waals surface area contributed by atoms with Crippen LogP contribution in [0.15, 0.2) is 24.5 Å². The van der Waals surface area contributed by atoms with Crippen LogP contribution in [0.3, 0.4) is 0 Å². The van der Waals surface area contributed by atoms with E-state index in [1.54, 1.807) is 23.3 Å². The van der Waals surface area contributed by atoms with E-state index >= 15 is 0 Å². The third-order valence-electron chi connectivity index (χ3n) is 5.34. The molecule has 0 saturated carbocycles. The molecular formula is C20H25N3O3S. The number of amides is 2. The van der Waals surface area contributed by atoms with Crippen molar-refractivity contribution in [3.05, 3.63) is 40.5 Å². The molecule has 2 aromatic rings. The molecule has 0 aromatic carbocycles. The molecule has 0 N–H and O–H groups in total. The third kappa shape index (κ3) is 3.53. The molecule has 2 aliphatic rings. The van der Waals surface area contributed by atoms with Crippen LogP contribution in [0.2, 0.25) is 0 Å². The van der Waals surface area contributed by atoms with Crippen LogP contribution in [-0.2, 0) is 22.4 Å². The molecule has 0 bridgehead atoms. The summed E-state index contributed by atoms with van der Waals surface area (Å²) in [6, 6.07) is 3.95. The molecule has 1 saturated heterocycles. The van der Waals surface area contributed by atoms with E-state index in [0.717, 1.165) is 36.2 Å². The quantitative estimate of drug-likeness (QED) is 0.791. The smallest absolute Gasteiger partial charge is 0.257 e.